The van der Waals surface area contributed by atoms with Gasteiger partial charge in [-0.1, -0.05) is 22.0 Å². The third-order valence-electron chi connectivity index (χ3n) is 4.01. The average molecular weight is 353 g/mol. The number of carbonyl (C=O) groups is 1. The predicted molar refractivity (Wildman–Crippen MR) is 85.3 cm³/mol. The van der Waals surface area contributed by atoms with Gasteiger partial charge in [-0.3, -0.25) is 4.79 Å². The van der Waals surface area contributed by atoms with Crippen LogP contribution in [0.3, 0.4) is 0 Å². The van der Waals surface area contributed by atoms with Gasteiger partial charge in [-0.15, -0.1) is 0 Å². The maximum atomic E-state index is 11.6. The Morgan fingerprint density at radius 3 is 2.95 bits per heavy atom. The van der Waals surface area contributed by atoms with Crippen molar-refractivity contribution >= 4 is 21.8 Å². The lowest BCUT2D eigenvalue weighted by Crippen LogP contribution is -2.34. The Bertz CT molecular complexity index is 517. The van der Waals surface area contributed by atoms with Crippen LogP contribution in [0.2, 0.25) is 0 Å². The number of amides is 1. The lowest BCUT2D eigenvalue weighted by Gasteiger charge is -2.18. The van der Waals surface area contributed by atoms with Gasteiger partial charge >= 0.3 is 0 Å². The van der Waals surface area contributed by atoms with Crippen molar-refractivity contribution in [2.75, 3.05) is 19.7 Å². The molecule has 1 aliphatic carbocycles. The van der Waals surface area contributed by atoms with Gasteiger partial charge in [0.2, 0.25) is 5.91 Å². The van der Waals surface area contributed by atoms with Gasteiger partial charge in [-0.25, -0.2) is 0 Å². The molecule has 5 heteroatoms. The number of hydrogen-bond acceptors (Lipinski definition) is 3. The summed E-state index contributed by atoms with van der Waals surface area (Å²) >= 11 is 3.49. The zero-order valence-corrected chi connectivity index (χ0v) is 13.6. The summed E-state index contributed by atoms with van der Waals surface area (Å²) in [6.07, 6.45) is 4.21. The fraction of sp³-hybridized carbons (Fsp3) is 0.562. The molecule has 0 radical (unpaired) electrons. The number of ether oxygens (including phenoxy) is 1. The van der Waals surface area contributed by atoms with Crippen LogP contribution in [-0.4, -0.2) is 25.6 Å². The minimum atomic E-state index is 0.213. The molecule has 1 fully saturated rings. The van der Waals surface area contributed by atoms with Crippen LogP contribution in [0.1, 0.15) is 37.3 Å². The monoisotopic (exact) mass is 352 g/mol. The summed E-state index contributed by atoms with van der Waals surface area (Å²) in [7, 11) is 0. The maximum absolute atomic E-state index is 11.6. The molecule has 1 aliphatic heterocycles. The largest absolute Gasteiger partial charge is 0.493 e. The highest BCUT2D eigenvalue weighted by atomic mass is 79.9. The number of halogens is 1. The smallest absolute Gasteiger partial charge is 0.223 e. The Labute approximate surface area is 133 Å². The fourth-order valence-corrected chi connectivity index (χ4v) is 3.02. The molecule has 1 atom stereocenters. The molecular weight excluding hydrogens is 332 g/mol. The minimum Gasteiger partial charge on any atom is -0.493 e. The molecule has 1 saturated carbocycles. The van der Waals surface area contributed by atoms with E-state index in [1.54, 1.807) is 0 Å². The normalized spacial score (nSPS) is 21.1. The molecule has 0 aromatic heterocycles. The Hall–Kier alpha value is -1.07. The van der Waals surface area contributed by atoms with Crippen LogP contribution in [-0.2, 0) is 4.79 Å². The number of fused-ring (bicyclic) bond motifs is 1. The van der Waals surface area contributed by atoms with Crippen LogP contribution in [0, 0.1) is 5.92 Å². The Kier molecular flexibility index (Phi) is 4.80. The van der Waals surface area contributed by atoms with E-state index in [1.807, 2.05) is 6.07 Å². The van der Waals surface area contributed by atoms with Gasteiger partial charge in [0.25, 0.3) is 0 Å². The Morgan fingerprint density at radius 2 is 2.14 bits per heavy atom. The highest BCUT2D eigenvalue weighted by Crippen LogP contribution is 2.33. The van der Waals surface area contributed by atoms with E-state index in [2.05, 4.69) is 38.7 Å². The highest BCUT2D eigenvalue weighted by molar-refractivity contribution is 9.10. The maximum Gasteiger partial charge on any atom is 0.223 e. The van der Waals surface area contributed by atoms with Gasteiger partial charge < -0.3 is 15.4 Å². The zero-order chi connectivity index (χ0) is 14.7. The quantitative estimate of drug-likeness (QED) is 0.801. The Morgan fingerprint density at radius 1 is 1.29 bits per heavy atom. The van der Waals surface area contributed by atoms with Crippen molar-refractivity contribution in [3.05, 3.63) is 28.2 Å². The zero-order valence-electron chi connectivity index (χ0n) is 12.0. The Balaban J connectivity index is 1.53. The first kappa shape index (κ1) is 14.9. The van der Waals surface area contributed by atoms with Gasteiger partial charge in [0.15, 0.2) is 0 Å². The predicted octanol–water partition coefficient (Wildman–Crippen LogP) is 2.78. The average Bonchev–Trinajstić information content (AvgIpc) is 3.30. The number of rotatable bonds is 5. The molecule has 0 saturated heterocycles. The molecule has 2 aliphatic rings. The van der Waals surface area contributed by atoms with E-state index in [-0.39, 0.29) is 11.8 Å². The van der Waals surface area contributed by atoms with E-state index in [0.29, 0.717) is 12.6 Å². The number of carbonyl (C=O) groups excluding carboxylic acids is 1. The van der Waals surface area contributed by atoms with E-state index in [4.69, 9.17) is 4.74 Å². The molecule has 1 heterocycles. The van der Waals surface area contributed by atoms with Gasteiger partial charge in [0.1, 0.15) is 5.75 Å². The van der Waals surface area contributed by atoms with Crippen LogP contribution in [0.5, 0.6) is 5.75 Å². The van der Waals surface area contributed by atoms with Crippen molar-refractivity contribution in [2.24, 2.45) is 5.92 Å². The summed E-state index contributed by atoms with van der Waals surface area (Å²) in [5.74, 6) is 1.46. The van der Waals surface area contributed by atoms with Crippen molar-refractivity contribution in [1.82, 2.24) is 10.6 Å². The van der Waals surface area contributed by atoms with E-state index in [1.165, 1.54) is 5.56 Å². The minimum absolute atomic E-state index is 0.213. The summed E-state index contributed by atoms with van der Waals surface area (Å²) in [6, 6.07) is 6.50. The lowest BCUT2D eigenvalue weighted by molar-refractivity contribution is -0.122. The van der Waals surface area contributed by atoms with E-state index in [9.17, 15) is 4.79 Å². The van der Waals surface area contributed by atoms with Crippen LogP contribution in [0.25, 0.3) is 0 Å². The van der Waals surface area contributed by atoms with Crippen molar-refractivity contribution in [2.45, 2.75) is 31.7 Å². The molecule has 4 nitrogen and oxygen atoms in total. The van der Waals surface area contributed by atoms with Crippen LogP contribution < -0.4 is 15.4 Å². The molecule has 0 spiro atoms. The van der Waals surface area contributed by atoms with Gasteiger partial charge in [0.05, 0.1) is 6.61 Å². The van der Waals surface area contributed by atoms with E-state index >= 15 is 0 Å². The summed E-state index contributed by atoms with van der Waals surface area (Å²) < 4.78 is 6.84. The molecular formula is C16H21BrN2O2. The summed E-state index contributed by atoms with van der Waals surface area (Å²) in [6.45, 7) is 2.25. The van der Waals surface area contributed by atoms with Crippen molar-refractivity contribution in [1.29, 1.82) is 0 Å². The molecule has 1 aromatic rings. The molecule has 0 bridgehead atoms. The first-order valence-corrected chi connectivity index (χ1v) is 8.46. The van der Waals surface area contributed by atoms with Crippen LogP contribution in [0.4, 0.5) is 0 Å². The molecule has 3 rings (SSSR count). The second-order valence-electron chi connectivity index (χ2n) is 5.74. The standard InChI is InChI=1S/C16H21BrN2O2/c17-12-5-6-13-14(2-1-9-21-15(13)10-12)18-7-8-19-16(20)11-3-4-11/h5-6,10-11,14,18H,1-4,7-9H2,(H,19,20). The number of nitrogens with one attached hydrogen (secondary N) is 2. The van der Waals surface area contributed by atoms with Crippen molar-refractivity contribution in [3.8, 4) is 5.75 Å². The van der Waals surface area contributed by atoms with E-state index in [0.717, 1.165) is 49.1 Å². The van der Waals surface area contributed by atoms with Gasteiger partial charge in [-0.2, -0.15) is 0 Å². The molecule has 1 amide bonds. The molecule has 114 valence electrons. The topological polar surface area (TPSA) is 50.4 Å². The molecule has 1 unspecified atom stereocenters. The highest BCUT2D eigenvalue weighted by Gasteiger charge is 2.29. The summed E-state index contributed by atoms with van der Waals surface area (Å²) in [5, 5.41) is 6.53. The first-order chi connectivity index (χ1) is 10.2. The first-order valence-electron chi connectivity index (χ1n) is 7.67. The molecule has 21 heavy (non-hydrogen) atoms. The third-order valence-corrected chi connectivity index (χ3v) is 4.50. The second-order valence-corrected chi connectivity index (χ2v) is 6.66. The van der Waals surface area contributed by atoms with Crippen molar-refractivity contribution < 1.29 is 9.53 Å². The summed E-state index contributed by atoms with van der Waals surface area (Å²) in [4.78, 5) is 11.6. The van der Waals surface area contributed by atoms with Gasteiger partial charge in [-0.05, 0) is 37.8 Å². The summed E-state index contributed by atoms with van der Waals surface area (Å²) in [5.41, 5.74) is 1.21. The van der Waals surface area contributed by atoms with Crippen molar-refractivity contribution in [3.63, 3.8) is 0 Å². The second kappa shape index (κ2) is 6.79. The lowest BCUT2D eigenvalue weighted by atomic mass is 10.0. The van der Waals surface area contributed by atoms with Crippen LogP contribution in [0.15, 0.2) is 22.7 Å². The number of hydrogen-bond donors (Lipinski definition) is 2. The van der Waals surface area contributed by atoms with Gasteiger partial charge in [0, 0.05) is 35.1 Å². The SMILES string of the molecule is O=C(NCCNC1CCCOc2cc(Br)ccc21)C1CC1. The number of benzene rings is 1. The van der Waals surface area contributed by atoms with Crippen LogP contribution >= 0.6 is 15.9 Å². The van der Waals surface area contributed by atoms with E-state index < -0.39 is 0 Å². The molecule has 2 N–H and O–H groups in total. The fourth-order valence-electron chi connectivity index (χ4n) is 2.68. The third kappa shape index (κ3) is 3.98. The molecule has 1 aromatic carbocycles.